The van der Waals surface area contributed by atoms with E-state index in [4.69, 9.17) is 34.8 Å². The normalized spacial score (nSPS) is 15.6. The molecule has 0 atom stereocenters. The highest BCUT2D eigenvalue weighted by atomic mass is 35.5. The second-order valence-corrected chi connectivity index (χ2v) is 4.30. The summed E-state index contributed by atoms with van der Waals surface area (Å²) in [5, 5.41) is 2.74. The topological polar surface area (TPSA) is 49.4 Å². The third kappa shape index (κ3) is 1.84. The average molecular weight is 280 g/mol. The van der Waals surface area contributed by atoms with Crippen molar-refractivity contribution in [3.05, 3.63) is 27.2 Å². The van der Waals surface area contributed by atoms with Crippen molar-refractivity contribution in [3.63, 3.8) is 0 Å². The van der Waals surface area contributed by atoms with Gasteiger partial charge in [-0.25, -0.2) is 4.79 Å². The second kappa shape index (κ2) is 4.13. The Kier molecular flexibility index (Phi) is 2.97. The Hall–Kier alpha value is -0.970. The molecule has 0 aliphatic carbocycles. The quantitative estimate of drug-likeness (QED) is 0.635. The molecule has 1 N–H and O–H groups in total. The molecule has 4 nitrogen and oxygen atoms in total. The van der Waals surface area contributed by atoms with Crippen LogP contribution in [0.4, 0.5) is 10.5 Å². The van der Waals surface area contributed by atoms with E-state index in [9.17, 15) is 9.59 Å². The number of hydrogen-bond donors (Lipinski definition) is 1. The number of carbonyl (C=O) groups is 2. The minimum Gasteiger partial charge on any atom is -0.283 e. The van der Waals surface area contributed by atoms with Crippen molar-refractivity contribution in [1.82, 2.24) is 5.32 Å². The van der Waals surface area contributed by atoms with E-state index in [0.29, 0.717) is 10.7 Å². The van der Waals surface area contributed by atoms with Gasteiger partial charge < -0.3 is 0 Å². The van der Waals surface area contributed by atoms with Crippen LogP contribution in [0.15, 0.2) is 12.1 Å². The van der Waals surface area contributed by atoms with Crippen LogP contribution in [0.25, 0.3) is 0 Å². The van der Waals surface area contributed by atoms with Gasteiger partial charge in [0, 0.05) is 0 Å². The smallest absolute Gasteiger partial charge is 0.283 e. The van der Waals surface area contributed by atoms with Crippen molar-refractivity contribution in [3.8, 4) is 0 Å². The molecule has 0 unspecified atom stereocenters. The Morgan fingerprint density at radius 1 is 1.12 bits per heavy atom. The molecule has 1 aromatic carbocycles. The zero-order chi connectivity index (χ0) is 11.9. The molecular weight excluding hydrogens is 274 g/mol. The summed E-state index contributed by atoms with van der Waals surface area (Å²) in [7, 11) is 0. The van der Waals surface area contributed by atoms with Gasteiger partial charge in [0.25, 0.3) is 0 Å². The van der Waals surface area contributed by atoms with Gasteiger partial charge >= 0.3 is 6.03 Å². The number of nitrogens with zero attached hydrogens (tertiary/aromatic N) is 1. The van der Waals surface area contributed by atoms with Gasteiger partial charge in [0.05, 0.1) is 20.8 Å². The number of nitrogens with one attached hydrogen (secondary N) is 1. The molecule has 16 heavy (non-hydrogen) atoms. The molecule has 7 heteroatoms. The summed E-state index contributed by atoms with van der Waals surface area (Å²) in [5.74, 6) is -0.382. The van der Waals surface area contributed by atoms with Crippen LogP contribution >= 0.6 is 34.8 Å². The summed E-state index contributed by atoms with van der Waals surface area (Å²) in [5.41, 5.74) is 0.361. The molecule has 3 amide bonds. The van der Waals surface area contributed by atoms with Crippen LogP contribution in [0.1, 0.15) is 0 Å². The van der Waals surface area contributed by atoms with Gasteiger partial charge in [-0.15, -0.1) is 0 Å². The largest absolute Gasteiger partial charge is 0.329 e. The van der Waals surface area contributed by atoms with Crippen LogP contribution < -0.4 is 10.2 Å². The molecule has 0 aromatic heterocycles. The van der Waals surface area contributed by atoms with Crippen LogP contribution in [-0.2, 0) is 4.79 Å². The number of benzene rings is 1. The van der Waals surface area contributed by atoms with Crippen molar-refractivity contribution >= 4 is 52.4 Å². The number of hydrogen-bond acceptors (Lipinski definition) is 2. The fraction of sp³-hybridized carbons (Fsp3) is 0.111. The average Bonchev–Trinajstić information content (AvgIpc) is 2.55. The lowest BCUT2D eigenvalue weighted by Crippen LogP contribution is -2.28. The van der Waals surface area contributed by atoms with Gasteiger partial charge in [0.2, 0.25) is 5.91 Å². The van der Waals surface area contributed by atoms with E-state index >= 15 is 0 Å². The molecule has 1 aliphatic heterocycles. The van der Waals surface area contributed by atoms with Crippen LogP contribution in [0.5, 0.6) is 0 Å². The molecule has 1 saturated heterocycles. The van der Waals surface area contributed by atoms with Gasteiger partial charge in [0.1, 0.15) is 6.54 Å². The van der Waals surface area contributed by atoms with Crippen molar-refractivity contribution in [1.29, 1.82) is 0 Å². The van der Waals surface area contributed by atoms with E-state index in [1.165, 1.54) is 17.0 Å². The van der Waals surface area contributed by atoms with Gasteiger partial charge in [-0.1, -0.05) is 34.8 Å². The minimum absolute atomic E-state index is 0.0729. The summed E-state index contributed by atoms with van der Waals surface area (Å²) in [6.07, 6.45) is 0. The molecule has 84 valence electrons. The summed E-state index contributed by atoms with van der Waals surface area (Å²) in [6, 6.07) is 2.53. The highest BCUT2D eigenvalue weighted by molar-refractivity contribution is 6.49. The SMILES string of the molecule is O=C1CN(c2ccc(Cl)c(Cl)c2Cl)C(=O)N1. The number of halogens is 3. The fourth-order valence-electron chi connectivity index (χ4n) is 1.36. The molecule has 1 fully saturated rings. The third-order valence-corrected chi connectivity index (χ3v) is 3.38. The van der Waals surface area contributed by atoms with Crippen molar-refractivity contribution in [2.45, 2.75) is 0 Å². The Bertz CT molecular complexity index is 490. The number of carbonyl (C=O) groups excluding carboxylic acids is 2. The van der Waals surface area contributed by atoms with Gasteiger partial charge in [-0.2, -0.15) is 0 Å². The lowest BCUT2D eigenvalue weighted by Gasteiger charge is -2.15. The molecule has 0 radical (unpaired) electrons. The molecule has 1 aromatic rings. The Labute approximate surface area is 106 Å². The Morgan fingerprint density at radius 2 is 1.81 bits per heavy atom. The van der Waals surface area contributed by atoms with E-state index in [2.05, 4.69) is 5.32 Å². The highest BCUT2D eigenvalue weighted by Crippen LogP contribution is 2.37. The minimum atomic E-state index is -0.523. The maximum atomic E-state index is 11.4. The first-order chi connectivity index (χ1) is 7.50. The fourth-order valence-corrected chi connectivity index (χ4v) is 1.99. The monoisotopic (exact) mass is 278 g/mol. The summed E-state index contributed by atoms with van der Waals surface area (Å²) in [4.78, 5) is 23.6. The lowest BCUT2D eigenvalue weighted by atomic mass is 10.3. The van der Waals surface area contributed by atoms with E-state index in [1.54, 1.807) is 0 Å². The maximum absolute atomic E-state index is 11.4. The first-order valence-electron chi connectivity index (χ1n) is 4.25. The number of amides is 3. The molecule has 1 heterocycles. The van der Waals surface area contributed by atoms with Crippen LogP contribution in [0, 0.1) is 0 Å². The van der Waals surface area contributed by atoms with Crippen molar-refractivity contribution in [2.75, 3.05) is 11.4 Å². The van der Waals surface area contributed by atoms with Crippen LogP contribution in [0.2, 0.25) is 15.1 Å². The van der Waals surface area contributed by atoms with E-state index in [-0.39, 0.29) is 22.5 Å². The second-order valence-electron chi connectivity index (χ2n) is 3.13. The third-order valence-electron chi connectivity index (χ3n) is 2.10. The summed E-state index contributed by atoms with van der Waals surface area (Å²) < 4.78 is 0. The molecular formula is C9H5Cl3N2O2. The zero-order valence-corrected chi connectivity index (χ0v) is 10.0. The number of urea groups is 1. The summed E-state index contributed by atoms with van der Waals surface area (Å²) >= 11 is 17.5. The number of rotatable bonds is 1. The van der Waals surface area contributed by atoms with Crippen LogP contribution in [0.3, 0.4) is 0 Å². The zero-order valence-electron chi connectivity index (χ0n) is 7.76. The van der Waals surface area contributed by atoms with Gasteiger partial charge in [-0.05, 0) is 12.1 Å². The van der Waals surface area contributed by atoms with Crippen LogP contribution in [-0.4, -0.2) is 18.5 Å². The standard InChI is InChI=1S/C9H5Cl3N2O2/c10-4-1-2-5(8(12)7(4)11)14-3-6(15)13-9(14)16/h1-2H,3H2,(H,13,15,16). The highest BCUT2D eigenvalue weighted by Gasteiger charge is 2.30. The molecule has 0 saturated carbocycles. The number of imide groups is 1. The maximum Gasteiger partial charge on any atom is 0.329 e. The molecule has 2 rings (SSSR count). The van der Waals surface area contributed by atoms with Gasteiger partial charge in [-0.3, -0.25) is 15.0 Å². The van der Waals surface area contributed by atoms with Crippen molar-refractivity contribution in [2.24, 2.45) is 0 Å². The predicted octanol–water partition coefficient (Wildman–Crippen LogP) is 2.70. The van der Waals surface area contributed by atoms with Gasteiger partial charge in [0.15, 0.2) is 0 Å². The van der Waals surface area contributed by atoms with E-state index in [0.717, 1.165) is 0 Å². The first-order valence-corrected chi connectivity index (χ1v) is 5.39. The first kappa shape index (κ1) is 11.5. The van der Waals surface area contributed by atoms with E-state index in [1.807, 2.05) is 0 Å². The Balaban J connectivity index is 2.45. The molecule has 1 aliphatic rings. The molecule has 0 bridgehead atoms. The number of anilines is 1. The van der Waals surface area contributed by atoms with Crippen molar-refractivity contribution < 1.29 is 9.59 Å². The lowest BCUT2D eigenvalue weighted by molar-refractivity contribution is -0.117. The predicted molar refractivity (Wildman–Crippen MR) is 62.4 cm³/mol. The summed E-state index contributed by atoms with van der Waals surface area (Å²) in [6.45, 7) is -0.0729. The van der Waals surface area contributed by atoms with E-state index < -0.39 is 6.03 Å². The Morgan fingerprint density at radius 3 is 2.38 bits per heavy atom. The molecule has 0 spiro atoms.